The van der Waals surface area contributed by atoms with Crippen LogP contribution in [0.5, 0.6) is 5.75 Å². The maximum Gasteiger partial charge on any atom is 0.282 e. The highest BCUT2D eigenvalue weighted by atomic mass is 19.3. The predicted molar refractivity (Wildman–Crippen MR) is 74.2 cm³/mol. The van der Waals surface area contributed by atoms with Crippen molar-refractivity contribution >= 4 is 10.8 Å². The number of methoxy groups -OCH3 is 1. The lowest BCUT2D eigenvalue weighted by molar-refractivity contribution is -0.0477. The van der Waals surface area contributed by atoms with Gasteiger partial charge in [0, 0.05) is 12.1 Å². The Bertz CT molecular complexity index is 587. The summed E-state index contributed by atoms with van der Waals surface area (Å²) in [6, 6.07) is 11.5. The molecule has 2 aromatic rings. The van der Waals surface area contributed by atoms with Crippen LogP contribution in [-0.4, -0.2) is 31.3 Å². The summed E-state index contributed by atoms with van der Waals surface area (Å²) < 4.78 is 31.3. The van der Waals surface area contributed by atoms with E-state index in [1.165, 1.54) is 0 Å². The van der Waals surface area contributed by atoms with Gasteiger partial charge in [-0.25, -0.2) is 8.78 Å². The lowest BCUT2D eigenvalue weighted by Gasteiger charge is -2.16. The van der Waals surface area contributed by atoms with Crippen LogP contribution in [0.4, 0.5) is 8.78 Å². The van der Waals surface area contributed by atoms with Gasteiger partial charge in [-0.3, -0.25) is 0 Å². The summed E-state index contributed by atoms with van der Waals surface area (Å²) in [5.74, 6) is -2.46. The average Bonchev–Trinajstić information content (AvgIpc) is 2.47. The van der Waals surface area contributed by atoms with E-state index in [0.29, 0.717) is 5.75 Å². The number of nitrogens with one attached hydrogen (secondary N) is 1. The molecule has 108 valence electrons. The van der Waals surface area contributed by atoms with Crippen molar-refractivity contribution in [1.82, 2.24) is 5.32 Å². The van der Waals surface area contributed by atoms with Gasteiger partial charge in [0.05, 0.1) is 13.7 Å². The fourth-order valence-electron chi connectivity index (χ4n) is 2.12. The Hall–Kier alpha value is -1.72. The number of halogens is 2. The van der Waals surface area contributed by atoms with Crippen LogP contribution in [0.25, 0.3) is 10.8 Å². The molecule has 0 unspecified atom stereocenters. The Morgan fingerprint density at radius 2 is 1.95 bits per heavy atom. The molecule has 0 aromatic heterocycles. The molecule has 3 nitrogen and oxygen atoms in total. The van der Waals surface area contributed by atoms with Crippen molar-refractivity contribution in [2.45, 2.75) is 12.5 Å². The second kappa shape index (κ2) is 6.15. The van der Waals surface area contributed by atoms with E-state index in [9.17, 15) is 8.78 Å². The fourth-order valence-corrected chi connectivity index (χ4v) is 2.12. The number of aliphatic hydroxyl groups excluding tert-OH is 1. The zero-order valence-electron chi connectivity index (χ0n) is 11.2. The van der Waals surface area contributed by atoms with Gasteiger partial charge in [-0.1, -0.05) is 30.3 Å². The first-order valence-electron chi connectivity index (χ1n) is 6.31. The molecule has 0 aliphatic rings. The normalized spacial score (nSPS) is 11.8. The second-order valence-corrected chi connectivity index (χ2v) is 4.59. The summed E-state index contributed by atoms with van der Waals surface area (Å²) in [5, 5.41) is 13.2. The van der Waals surface area contributed by atoms with E-state index in [0.717, 1.165) is 16.3 Å². The smallest absolute Gasteiger partial charge is 0.282 e. The van der Waals surface area contributed by atoms with Gasteiger partial charge in [-0.05, 0) is 16.8 Å². The van der Waals surface area contributed by atoms with Crippen molar-refractivity contribution in [2.24, 2.45) is 0 Å². The summed E-state index contributed by atoms with van der Waals surface area (Å²) >= 11 is 0. The SMILES string of the molecule is COc1ccc2ccccc2c1CNCC(F)(F)CO. The molecule has 20 heavy (non-hydrogen) atoms. The van der Waals surface area contributed by atoms with E-state index in [2.05, 4.69) is 5.32 Å². The highest BCUT2D eigenvalue weighted by Crippen LogP contribution is 2.27. The van der Waals surface area contributed by atoms with E-state index in [1.54, 1.807) is 7.11 Å². The third-order valence-corrected chi connectivity index (χ3v) is 3.13. The zero-order chi connectivity index (χ0) is 14.6. The molecule has 2 N–H and O–H groups in total. The van der Waals surface area contributed by atoms with Gasteiger partial charge < -0.3 is 15.2 Å². The fraction of sp³-hybridized carbons (Fsp3) is 0.333. The molecule has 0 heterocycles. The van der Waals surface area contributed by atoms with Crippen LogP contribution in [-0.2, 0) is 6.54 Å². The third kappa shape index (κ3) is 3.23. The summed E-state index contributed by atoms with van der Waals surface area (Å²) in [6.07, 6.45) is 0. The number of hydrogen-bond donors (Lipinski definition) is 2. The minimum atomic E-state index is -3.11. The molecule has 5 heteroatoms. The standard InChI is InChI=1S/C15H17F2NO2/c1-20-14-7-6-11-4-2-3-5-12(11)13(14)8-18-9-15(16,17)10-19/h2-7,18-19H,8-10H2,1H3. The highest BCUT2D eigenvalue weighted by Gasteiger charge is 2.27. The van der Waals surface area contributed by atoms with Crippen LogP contribution < -0.4 is 10.1 Å². The molecule has 0 amide bonds. The van der Waals surface area contributed by atoms with Gasteiger partial charge in [-0.15, -0.1) is 0 Å². The molecular weight excluding hydrogens is 264 g/mol. The lowest BCUT2D eigenvalue weighted by atomic mass is 10.0. The van der Waals surface area contributed by atoms with Crippen molar-refractivity contribution in [2.75, 3.05) is 20.3 Å². The molecule has 0 radical (unpaired) electrons. The predicted octanol–water partition coefficient (Wildman–Crippen LogP) is 2.57. The molecule has 0 saturated carbocycles. The van der Waals surface area contributed by atoms with E-state index >= 15 is 0 Å². The number of hydrogen-bond acceptors (Lipinski definition) is 3. The van der Waals surface area contributed by atoms with Crippen LogP contribution in [0, 0.1) is 0 Å². The number of fused-ring (bicyclic) bond motifs is 1. The highest BCUT2D eigenvalue weighted by molar-refractivity contribution is 5.87. The Morgan fingerprint density at radius 3 is 2.65 bits per heavy atom. The maximum atomic E-state index is 13.0. The minimum Gasteiger partial charge on any atom is -0.496 e. The van der Waals surface area contributed by atoms with Crippen molar-refractivity contribution in [3.63, 3.8) is 0 Å². The van der Waals surface area contributed by atoms with Gasteiger partial charge in [-0.2, -0.15) is 0 Å². The van der Waals surface area contributed by atoms with Gasteiger partial charge >= 0.3 is 0 Å². The Labute approximate surface area is 116 Å². The zero-order valence-corrected chi connectivity index (χ0v) is 11.2. The Morgan fingerprint density at radius 1 is 1.20 bits per heavy atom. The average molecular weight is 281 g/mol. The summed E-state index contributed by atoms with van der Waals surface area (Å²) in [4.78, 5) is 0. The molecule has 2 rings (SSSR count). The Balaban J connectivity index is 2.23. The molecular formula is C15H17F2NO2. The van der Waals surface area contributed by atoms with Crippen LogP contribution >= 0.6 is 0 Å². The van der Waals surface area contributed by atoms with Crippen molar-refractivity contribution in [3.8, 4) is 5.75 Å². The topological polar surface area (TPSA) is 41.5 Å². The first-order chi connectivity index (χ1) is 9.57. The number of benzene rings is 2. The summed E-state index contributed by atoms with van der Waals surface area (Å²) in [6.45, 7) is -1.48. The monoisotopic (exact) mass is 281 g/mol. The molecule has 0 spiro atoms. The molecule has 0 atom stereocenters. The Kier molecular flexibility index (Phi) is 4.52. The summed E-state index contributed by atoms with van der Waals surface area (Å²) in [5.41, 5.74) is 0.833. The van der Waals surface area contributed by atoms with E-state index in [1.807, 2.05) is 36.4 Å². The maximum absolute atomic E-state index is 13.0. The molecule has 0 bridgehead atoms. The van der Waals surface area contributed by atoms with Crippen molar-refractivity contribution in [1.29, 1.82) is 0 Å². The quantitative estimate of drug-likeness (QED) is 0.855. The van der Waals surface area contributed by atoms with E-state index < -0.39 is 19.1 Å². The molecule has 0 fully saturated rings. The van der Waals surface area contributed by atoms with Gasteiger partial charge in [0.25, 0.3) is 5.92 Å². The van der Waals surface area contributed by atoms with E-state index in [4.69, 9.17) is 9.84 Å². The third-order valence-electron chi connectivity index (χ3n) is 3.13. The van der Waals surface area contributed by atoms with Crippen LogP contribution in [0.3, 0.4) is 0 Å². The van der Waals surface area contributed by atoms with Gasteiger partial charge in [0.2, 0.25) is 0 Å². The largest absolute Gasteiger partial charge is 0.496 e. The summed E-state index contributed by atoms with van der Waals surface area (Å²) in [7, 11) is 1.55. The number of ether oxygens (including phenoxy) is 1. The first-order valence-corrected chi connectivity index (χ1v) is 6.31. The second-order valence-electron chi connectivity index (χ2n) is 4.59. The van der Waals surface area contributed by atoms with Crippen LogP contribution in [0.15, 0.2) is 36.4 Å². The lowest BCUT2D eigenvalue weighted by Crippen LogP contribution is -2.35. The van der Waals surface area contributed by atoms with Crippen molar-refractivity contribution < 1.29 is 18.6 Å². The molecule has 0 aliphatic carbocycles. The van der Waals surface area contributed by atoms with Gasteiger partial charge in [0.1, 0.15) is 12.4 Å². The molecule has 0 saturated heterocycles. The molecule has 2 aromatic carbocycles. The first kappa shape index (κ1) is 14.7. The van der Waals surface area contributed by atoms with Gasteiger partial charge in [0.15, 0.2) is 0 Å². The molecule has 0 aliphatic heterocycles. The van der Waals surface area contributed by atoms with Crippen molar-refractivity contribution in [3.05, 3.63) is 42.0 Å². The minimum absolute atomic E-state index is 0.250. The van der Waals surface area contributed by atoms with Crippen LogP contribution in [0.1, 0.15) is 5.56 Å². The number of alkyl halides is 2. The van der Waals surface area contributed by atoms with Crippen LogP contribution in [0.2, 0.25) is 0 Å². The number of rotatable bonds is 6. The number of aliphatic hydroxyl groups is 1. The van der Waals surface area contributed by atoms with E-state index in [-0.39, 0.29) is 6.54 Å².